The van der Waals surface area contributed by atoms with Crippen LogP contribution in [0.5, 0.6) is 0 Å². The first-order chi connectivity index (χ1) is 10.2. The lowest BCUT2D eigenvalue weighted by atomic mass is 9.96. The van der Waals surface area contributed by atoms with E-state index in [4.69, 9.17) is 5.73 Å². The number of halogens is 1. The van der Waals surface area contributed by atoms with Crippen molar-refractivity contribution in [3.63, 3.8) is 0 Å². The van der Waals surface area contributed by atoms with Gasteiger partial charge in [0.25, 0.3) is 0 Å². The standard InChI is InChI=1S/C17H26FN3/c1-13-10-20-8-3-2-7-16(20)12-21(13)11-15-6-4-5-14(9-19)17(15)18/h4-6,13,16H,2-3,7-12,19H2,1H3. The summed E-state index contributed by atoms with van der Waals surface area (Å²) < 4.78 is 14.4. The first-order valence-corrected chi connectivity index (χ1v) is 8.13. The Balaban J connectivity index is 1.72. The number of hydrogen-bond donors (Lipinski definition) is 1. The second-order valence-corrected chi connectivity index (χ2v) is 6.52. The van der Waals surface area contributed by atoms with Crippen molar-refractivity contribution in [2.75, 3.05) is 19.6 Å². The summed E-state index contributed by atoms with van der Waals surface area (Å²) in [5.41, 5.74) is 7.02. The number of nitrogens with zero attached hydrogens (tertiary/aromatic N) is 2. The molecular formula is C17H26FN3. The molecule has 3 nitrogen and oxygen atoms in total. The van der Waals surface area contributed by atoms with E-state index >= 15 is 0 Å². The van der Waals surface area contributed by atoms with Crippen LogP contribution < -0.4 is 5.73 Å². The van der Waals surface area contributed by atoms with Gasteiger partial charge in [0.2, 0.25) is 0 Å². The molecule has 0 spiro atoms. The molecular weight excluding hydrogens is 265 g/mol. The van der Waals surface area contributed by atoms with E-state index in [0.29, 0.717) is 24.2 Å². The lowest BCUT2D eigenvalue weighted by molar-refractivity contribution is 0.0106. The van der Waals surface area contributed by atoms with Crippen molar-refractivity contribution >= 4 is 0 Å². The van der Waals surface area contributed by atoms with E-state index in [2.05, 4.69) is 16.7 Å². The van der Waals surface area contributed by atoms with E-state index in [1.54, 1.807) is 6.07 Å². The first-order valence-electron chi connectivity index (χ1n) is 8.13. The molecule has 2 fully saturated rings. The zero-order valence-electron chi connectivity index (χ0n) is 12.9. The van der Waals surface area contributed by atoms with Crippen molar-refractivity contribution in [1.82, 2.24) is 9.80 Å². The highest BCUT2D eigenvalue weighted by atomic mass is 19.1. The summed E-state index contributed by atoms with van der Waals surface area (Å²) >= 11 is 0. The maximum atomic E-state index is 14.4. The van der Waals surface area contributed by atoms with Crippen LogP contribution in [0.15, 0.2) is 18.2 Å². The monoisotopic (exact) mass is 291 g/mol. The minimum Gasteiger partial charge on any atom is -0.326 e. The van der Waals surface area contributed by atoms with Gasteiger partial charge in [-0.25, -0.2) is 4.39 Å². The number of piperidine rings is 1. The fourth-order valence-electron chi connectivity index (χ4n) is 3.76. The molecule has 1 aromatic rings. The Kier molecular flexibility index (Phi) is 4.57. The van der Waals surface area contributed by atoms with Gasteiger partial charge in [-0.1, -0.05) is 24.6 Å². The van der Waals surface area contributed by atoms with Crippen molar-refractivity contribution in [1.29, 1.82) is 0 Å². The van der Waals surface area contributed by atoms with E-state index < -0.39 is 0 Å². The van der Waals surface area contributed by atoms with Crippen molar-refractivity contribution in [3.8, 4) is 0 Å². The number of piperazine rings is 1. The molecule has 1 aromatic carbocycles. The minimum atomic E-state index is -0.113. The van der Waals surface area contributed by atoms with Gasteiger partial charge < -0.3 is 5.73 Å². The second-order valence-electron chi connectivity index (χ2n) is 6.52. The minimum absolute atomic E-state index is 0.113. The summed E-state index contributed by atoms with van der Waals surface area (Å²) in [5, 5.41) is 0. The number of benzene rings is 1. The van der Waals surface area contributed by atoms with Crippen LogP contribution in [0, 0.1) is 5.82 Å². The van der Waals surface area contributed by atoms with Crippen LogP contribution in [0.1, 0.15) is 37.3 Å². The molecule has 2 heterocycles. The molecule has 2 unspecified atom stereocenters. The molecule has 0 radical (unpaired) electrons. The van der Waals surface area contributed by atoms with Gasteiger partial charge in [-0.05, 0) is 26.3 Å². The summed E-state index contributed by atoms with van der Waals surface area (Å²) in [5.74, 6) is -0.113. The third kappa shape index (κ3) is 3.12. The van der Waals surface area contributed by atoms with Crippen LogP contribution in [0.25, 0.3) is 0 Å². The SMILES string of the molecule is CC1CN2CCCCC2CN1Cc1cccc(CN)c1F. The lowest BCUT2D eigenvalue weighted by Gasteiger charge is -2.47. The van der Waals surface area contributed by atoms with E-state index in [0.717, 1.165) is 18.7 Å². The smallest absolute Gasteiger partial charge is 0.132 e. The maximum Gasteiger partial charge on any atom is 0.132 e. The fraction of sp³-hybridized carbons (Fsp3) is 0.647. The lowest BCUT2D eigenvalue weighted by Crippen LogP contribution is -2.58. The topological polar surface area (TPSA) is 32.5 Å². The van der Waals surface area contributed by atoms with E-state index in [1.807, 2.05) is 12.1 Å². The Morgan fingerprint density at radius 2 is 2.05 bits per heavy atom. The Labute approximate surface area is 126 Å². The highest BCUT2D eigenvalue weighted by Gasteiger charge is 2.33. The molecule has 0 bridgehead atoms. The van der Waals surface area contributed by atoms with Crippen molar-refractivity contribution in [2.24, 2.45) is 5.73 Å². The van der Waals surface area contributed by atoms with Crippen LogP contribution in [0.2, 0.25) is 0 Å². The van der Waals surface area contributed by atoms with Gasteiger partial charge in [0, 0.05) is 49.4 Å². The molecule has 0 aromatic heterocycles. The predicted molar refractivity (Wildman–Crippen MR) is 83.4 cm³/mol. The van der Waals surface area contributed by atoms with E-state index in [1.165, 1.54) is 25.8 Å². The van der Waals surface area contributed by atoms with E-state index in [9.17, 15) is 4.39 Å². The van der Waals surface area contributed by atoms with Crippen molar-refractivity contribution in [3.05, 3.63) is 35.1 Å². The van der Waals surface area contributed by atoms with Crippen LogP contribution in [-0.2, 0) is 13.1 Å². The molecule has 3 rings (SSSR count). The second kappa shape index (κ2) is 6.42. The average Bonchev–Trinajstić information content (AvgIpc) is 2.50. The molecule has 2 aliphatic rings. The van der Waals surface area contributed by atoms with Gasteiger partial charge >= 0.3 is 0 Å². The molecule has 0 saturated carbocycles. The Morgan fingerprint density at radius 1 is 1.24 bits per heavy atom. The van der Waals surface area contributed by atoms with Gasteiger partial charge in [0.1, 0.15) is 5.82 Å². The van der Waals surface area contributed by atoms with Crippen molar-refractivity contribution < 1.29 is 4.39 Å². The quantitative estimate of drug-likeness (QED) is 0.928. The van der Waals surface area contributed by atoms with Crippen molar-refractivity contribution in [2.45, 2.75) is 51.4 Å². The fourth-order valence-corrected chi connectivity index (χ4v) is 3.76. The van der Waals surface area contributed by atoms with Crippen LogP contribution >= 0.6 is 0 Å². The zero-order valence-corrected chi connectivity index (χ0v) is 12.9. The van der Waals surface area contributed by atoms with Gasteiger partial charge in [0.15, 0.2) is 0 Å². The Hall–Kier alpha value is -0.970. The molecule has 2 saturated heterocycles. The van der Waals surface area contributed by atoms with Crippen LogP contribution in [-0.4, -0.2) is 41.5 Å². The number of rotatable bonds is 3. The molecule has 2 atom stereocenters. The first kappa shape index (κ1) is 14.9. The van der Waals surface area contributed by atoms with E-state index in [-0.39, 0.29) is 12.4 Å². The largest absolute Gasteiger partial charge is 0.326 e. The van der Waals surface area contributed by atoms with Gasteiger partial charge in [-0.2, -0.15) is 0 Å². The molecule has 2 N–H and O–H groups in total. The molecule has 4 heteroatoms. The molecule has 0 amide bonds. The third-order valence-corrected chi connectivity index (χ3v) is 5.07. The summed E-state index contributed by atoms with van der Waals surface area (Å²) in [6.45, 7) is 6.64. The maximum absolute atomic E-state index is 14.4. The number of nitrogens with two attached hydrogens (primary N) is 1. The van der Waals surface area contributed by atoms with Crippen LogP contribution in [0.3, 0.4) is 0 Å². The zero-order chi connectivity index (χ0) is 14.8. The average molecular weight is 291 g/mol. The van der Waals surface area contributed by atoms with Gasteiger partial charge in [-0.3, -0.25) is 9.80 Å². The summed E-state index contributed by atoms with van der Waals surface area (Å²) in [7, 11) is 0. The Bertz CT molecular complexity index is 491. The predicted octanol–water partition coefficient (Wildman–Crippen LogP) is 2.34. The number of hydrogen-bond acceptors (Lipinski definition) is 3. The normalized spacial score (nSPS) is 27.6. The molecule has 21 heavy (non-hydrogen) atoms. The number of fused-ring (bicyclic) bond motifs is 1. The summed E-state index contributed by atoms with van der Waals surface area (Å²) in [4.78, 5) is 5.06. The molecule has 116 valence electrons. The van der Waals surface area contributed by atoms with Gasteiger partial charge in [-0.15, -0.1) is 0 Å². The molecule has 0 aliphatic carbocycles. The Morgan fingerprint density at radius 3 is 2.86 bits per heavy atom. The van der Waals surface area contributed by atoms with Gasteiger partial charge in [0.05, 0.1) is 0 Å². The third-order valence-electron chi connectivity index (χ3n) is 5.07. The molecule has 2 aliphatic heterocycles. The highest BCUT2D eigenvalue weighted by molar-refractivity contribution is 5.26. The van der Waals surface area contributed by atoms with Crippen LogP contribution in [0.4, 0.5) is 4.39 Å². The summed E-state index contributed by atoms with van der Waals surface area (Å²) in [6, 6.07) is 6.74. The highest BCUT2D eigenvalue weighted by Crippen LogP contribution is 2.26. The summed E-state index contributed by atoms with van der Waals surface area (Å²) in [6.07, 6.45) is 3.95.